The molecule has 1 N–H and O–H groups in total. The molecule has 19 heavy (non-hydrogen) atoms. The second-order valence-electron chi connectivity index (χ2n) is 7.54. The van der Waals surface area contributed by atoms with Gasteiger partial charge in [0.1, 0.15) is 0 Å². The molecule has 3 atom stereocenters. The van der Waals surface area contributed by atoms with Gasteiger partial charge in [-0.1, -0.05) is 27.2 Å². The summed E-state index contributed by atoms with van der Waals surface area (Å²) in [5.41, 5.74) is 0.624. The van der Waals surface area contributed by atoms with E-state index in [0.29, 0.717) is 5.41 Å². The van der Waals surface area contributed by atoms with Crippen LogP contribution in [0.15, 0.2) is 0 Å². The highest BCUT2D eigenvalue weighted by Crippen LogP contribution is 2.35. The van der Waals surface area contributed by atoms with Crippen LogP contribution in [0, 0.1) is 17.3 Å². The third kappa shape index (κ3) is 3.95. The van der Waals surface area contributed by atoms with Crippen LogP contribution in [0.3, 0.4) is 0 Å². The highest BCUT2D eigenvalue weighted by Gasteiger charge is 2.32. The maximum atomic E-state index is 3.56. The monoisotopic (exact) mass is 266 g/mol. The van der Waals surface area contributed by atoms with Crippen LogP contribution in [0.5, 0.6) is 0 Å². The minimum absolute atomic E-state index is 0.624. The molecule has 2 fully saturated rings. The third-order valence-corrected chi connectivity index (χ3v) is 6.02. The molecule has 0 aromatic heterocycles. The Kier molecular flexibility index (Phi) is 5.30. The fourth-order valence-corrected chi connectivity index (χ4v) is 4.04. The van der Waals surface area contributed by atoms with Gasteiger partial charge in [-0.15, -0.1) is 0 Å². The zero-order valence-corrected chi connectivity index (χ0v) is 13.5. The average molecular weight is 266 g/mol. The summed E-state index contributed by atoms with van der Waals surface area (Å²) in [6, 6.07) is 0.760. The molecule has 1 saturated carbocycles. The summed E-state index contributed by atoms with van der Waals surface area (Å²) in [5, 5.41) is 3.56. The molecule has 112 valence electrons. The molecule has 1 heterocycles. The van der Waals surface area contributed by atoms with E-state index in [1.165, 1.54) is 58.2 Å². The normalized spacial score (nSPS) is 36.3. The van der Waals surface area contributed by atoms with Gasteiger partial charge in [-0.3, -0.25) is 0 Å². The molecular weight excluding hydrogens is 232 g/mol. The van der Waals surface area contributed by atoms with E-state index in [1.54, 1.807) is 0 Å². The number of hydrogen-bond acceptors (Lipinski definition) is 2. The second-order valence-corrected chi connectivity index (χ2v) is 7.54. The van der Waals surface area contributed by atoms with Gasteiger partial charge in [-0.2, -0.15) is 0 Å². The number of nitrogens with zero attached hydrogens (tertiary/aromatic N) is 1. The summed E-state index contributed by atoms with van der Waals surface area (Å²) in [4.78, 5) is 2.74. The van der Waals surface area contributed by atoms with Crippen molar-refractivity contribution >= 4 is 0 Å². The molecular formula is C17H34N2. The van der Waals surface area contributed by atoms with Crippen LogP contribution in [-0.4, -0.2) is 37.6 Å². The van der Waals surface area contributed by atoms with Crippen molar-refractivity contribution < 1.29 is 0 Å². The van der Waals surface area contributed by atoms with Crippen LogP contribution in [-0.2, 0) is 0 Å². The second kappa shape index (κ2) is 6.58. The highest BCUT2D eigenvalue weighted by molar-refractivity contribution is 4.87. The first-order chi connectivity index (χ1) is 9.06. The van der Waals surface area contributed by atoms with Gasteiger partial charge < -0.3 is 10.2 Å². The van der Waals surface area contributed by atoms with E-state index >= 15 is 0 Å². The summed E-state index contributed by atoms with van der Waals surface area (Å²) >= 11 is 0. The number of hydrogen-bond donors (Lipinski definition) is 1. The van der Waals surface area contributed by atoms with Crippen LogP contribution in [0.2, 0.25) is 0 Å². The molecule has 1 saturated heterocycles. The van der Waals surface area contributed by atoms with Crippen molar-refractivity contribution in [1.82, 2.24) is 10.2 Å². The van der Waals surface area contributed by atoms with Gasteiger partial charge in [-0.25, -0.2) is 0 Å². The van der Waals surface area contributed by atoms with Crippen LogP contribution in [0.1, 0.15) is 59.3 Å². The minimum atomic E-state index is 0.624. The number of likely N-dealkylation sites (tertiary alicyclic amines) is 1. The van der Waals surface area contributed by atoms with Gasteiger partial charge in [-0.05, 0) is 69.5 Å². The SMILES string of the molecule is CCC1(C)CCN(CC2CC(C)CCC2NC)CC1. The molecule has 0 amide bonds. The standard InChI is InChI=1S/C17H34N2/c1-5-17(3)8-10-19(11-9-17)13-15-12-14(2)6-7-16(15)18-4/h14-16,18H,5-13H2,1-4H3. The predicted molar refractivity (Wildman–Crippen MR) is 83.4 cm³/mol. The Labute approximate surface area is 120 Å². The van der Waals surface area contributed by atoms with Gasteiger partial charge in [0, 0.05) is 12.6 Å². The van der Waals surface area contributed by atoms with E-state index in [1.807, 2.05) is 0 Å². The minimum Gasteiger partial charge on any atom is -0.317 e. The molecule has 0 radical (unpaired) electrons. The molecule has 0 aromatic carbocycles. The Hall–Kier alpha value is -0.0800. The molecule has 0 spiro atoms. The Bertz CT molecular complexity index is 268. The fourth-order valence-electron chi connectivity index (χ4n) is 4.04. The van der Waals surface area contributed by atoms with Crippen molar-refractivity contribution in [2.24, 2.45) is 17.3 Å². The van der Waals surface area contributed by atoms with Gasteiger partial charge in [0.05, 0.1) is 0 Å². The summed E-state index contributed by atoms with van der Waals surface area (Å²) in [6.07, 6.45) is 8.36. The molecule has 2 heteroatoms. The summed E-state index contributed by atoms with van der Waals surface area (Å²) in [5.74, 6) is 1.81. The zero-order valence-electron chi connectivity index (χ0n) is 13.5. The van der Waals surface area contributed by atoms with Gasteiger partial charge >= 0.3 is 0 Å². The first-order valence-corrected chi connectivity index (χ1v) is 8.46. The fraction of sp³-hybridized carbons (Fsp3) is 1.00. The Balaban J connectivity index is 1.83. The first kappa shape index (κ1) is 15.3. The van der Waals surface area contributed by atoms with Crippen molar-refractivity contribution in [3.05, 3.63) is 0 Å². The van der Waals surface area contributed by atoms with Gasteiger partial charge in [0.15, 0.2) is 0 Å². The first-order valence-electron chi connectivity index (χ1n) is 8.46. The van der Waals surface area contributed by atoms with Gasteiger partial charge in [0.25, 0.3) is 0 Å². The Morgan fingerprint density at radius 3 is 2.47 bits per heavy atom. The molecule has 1 aliphatic heterocycles. The van der Waals surface area contributed by atoms with Gasteiger partial charge in [0.2, 0.25) is 0 Å². The summed E-state index contributed by atoms with van der Waals surface area (Å²) in [6.45, 7) is 11.2. The number of rotatable bonds is 4. The van der Waals surface area contributed by atoms with E-state index in [4.69, 9.17) is 0 Å². The molecule has 2 aliphatic rings. The lowest BCUT2D eigenvalue weighted by molar-refractivity contribution is 0.0800. The van der Waals surface area contributed by atoms with Crippen molar-refractivity contribution in [3.8, 4) is 0 Å². The smallest absolute Gasteiger partial charge is 0.0105 e. The van der Waals surface area contributed by atoms with Crippen molar-refractivity contribution in [3.63, 3.8) is 0 Å². The van der Waals surface area contributed by atoms with Crippen LogP contribution < -0.4 is 5.32 Å². The largest absolute Gasteiger partial charge is 0.317 e. The molecule has 3 unspecified atom stereocenters. The van der Waals surface area contributed by atoms with E-state index < -0.39 is 0 Å². The van der Waals surface area contributed by atoms with E-state index in [2.05, 4.69) is 38.0 Å². The van der Waals surface area contributed by atoms with E-state index in [-0.39, 0.29) is 0 Å². The summed E-state index contributed by atoms with van der Waals surface area (Å²) in [7, 11) is 2.15. The lowest BCUT2D eigenvalue weighted by Gasteiger charge is -2.43. The van der Waals surface area contributed by atoms with Crippen molar-refractivity contribution in [2.45, 2.75) is 65.3 Å². The quantitative estimate of drug-likeness (QED) is 0.837. The Morgan fingerprint density at radius 1 is 1.21 bits per heavy atom. The number of piperidine rings is 1. The molecule has 0 aromatic rings. The van der Waals surface area contributed by atoms with Crippen molar-refractivity contribution in [1.29, 1.82) is 0 Å². The lowest BCUT2D eigenvalue weighted by Crippen LogP contribution is -2.47. The lowest BCUT2D eigenvalue weighted by atomic mass is 9.76. The third-order valence-electron chi connectivity index (χ3n) is 6.02. The molecule has 1 aliphatic carbocycles. The summed E-state index contributed by atoms with van der Waals surface area (Å²) < 4.78 is 0. The maximum Gasteiger partial charge on any atom is 0.0105 e. The predicted octanol–water partition coefficient (Wildman–Crippen LogP) is 3.52. The zero-order chi connectivity index (χ0) is 13.9. The average Bonchev–Trinajstić information content (AvgIpc) is 2.42. The van der Waals surface area contributed by atoms with E-state index in [0.717, 1.165) is 17.9 Å². The topological polar surface area (TPSA) is 15.3 Å². The molecule has 0 bridgehead atoms. The molecule has 2 nitrogen and oxygen atoms in total. The Morgan fingerprint density at radius 2 is 1.89 bits per heavy atom. The molecule has 2 rings (SSSR count). The van der Waals surface area contributed by atoms with Crippen LogP contribution in [0.25, 0.3) is 0 Å². The van der Waals surface area contributed by atoms with E-state index in [9.17, 15) is 0 Å². The highest BCUT2D eigenvalue weighted by atomic mass is 15.1. The maximum absolute atomic E-state index is 3.56. The van der Waals surface area contributed by atoms with Crippen molar-refractivity contribution in [2.75, 3.05) is 26.7 Å². The van der Waals surface area contributed by atoms with Crippen LogP contribution >= 0.6 is 0 Å². The number of nitrogens with one attached hydrogen (secondary N) is 1. The van der Waals surface area contributed by atoms with Crippen LogP contribution in [0.4, 0.5) is 0 Å².